The summed E-state index contributed by atoms with van der Waals surface area (Å²) in [5.74, 6) is -1.60. The van der Waals surface area contributed by atoms with Crippen LogP contribution in [0.1, 0.15) is 17.3 Å². The zero-order valence-electron chi connectivity index (χ0n) is 14.2. The van der Waals surface area contributed by atoms with Crippen molar-refractivity contribution in [2.75, 3.05) is 18.5 Å². The van der Waals surface area contributed by atoms with E-state index in [1.54, 1.807) is 31.2 Å². The van der Waals surface area contributed by atoms with Gasteiger partial charge in [0.25, 0.3) is 5.91 Å². The predicted octanol–water partition coefficient (Wildman–Crippen LogP) is 4.14. The van der Waals surface area contributed by atoms with Gasteiger partial charge in [0.15, 0.2) is 18.1 Å². The van der Waals surface area contributed by atoms with Gasteiger partial charge in [-0.05, 0) is 49.4 Å². The van der Waals surface area contributed by atoms with Crippen molar-refractivity contribution in [2.24, 2.45) is 0 Å². The van der Waals surface area contributed by atoms with Crippen molar-refractivity contribution < 1.29 is 32.6 Å². The minimum atomic E-state index is -3.03. The molecular weight excluding hydrogens is 384 g/mol. The number of halogens is 3. The molecule has 2 rings (SSSR count). The lowest BCUT2D eigenvalue weighted by Crippen LogP contribution is -2.21. The van der Waals surface area contributed by atoms with Crippen LogP contribution in [0.5, 0.6) is 11.5 Å². The highest BCUT2D eigenvalue weighted by atomic mass is 35.5. The van der Waals surface area contributed by atoms with E-state index in [0.717, 1.165) is 0 Å². The van der Waals surface area contributed by atoms with Gasteiger partial charge in [0, 0.05) is 10.7 Å². The largest absolute Gasteiger partial charge is 0.490 e. The Hall–Kier alpha value is -2.87. The fraction of sp³-hybridized carbons (Fsp3) is 0.222. The number of esters is 1. The molecule has 0 saturated heterocycles. The summed E-state index contributed by atoms with van der Waals surface area (Å²) in [4.78, 5) is 23.9. The average Bonchev–Trinajstić information content (AvgIpc) is 2.63. The Balaban J connectivity index is 1.97. The number of hydrogen-bond donors (Lipinski definition) is 1. The minimum Gasteiger partial charge on any atom is -0.490 e. The van der Waals surface area contributed by atoms with Gasteiger partial charge in [-0.25, -0.2) is 4.79 Å². The molecule has 27 heavy (non-hydrogen) atoms. The van der Waals surface area contributed by atoms with Crippen molar-refractivity contribution in [3.05, 3.63) is 53.1 Å². The summed E-state index contributed by atoms with van der Waals surface area (Å²) in [6, 6.07) is 10.0. The summed E-state index contributed by atoms with van der Waals surface area (Å²) in [5, 5.41) is 3.05. The molecule has 6 nitrogen and oxygen atoms in total. The summed E-state index contributed by atoms with van der Waals surface area (Å²) >= 11 is 5.75. The van der Waals surface area contributed by atoms with E-state index in [4.69, 9.17) is 21.1 Å². The summed E-state index contributed by atoms with van der Waals surface area (Å²) in [5.41, 5.74) is 0.520. The van der Waals surface area contributed by atoms with Gasteiger partial charge >= 0.3 is 12.6 Å². The number of rotatable bonds is 8. The van der Waals surface area contributed by atoms with Crippen LogP contribution in [0.2, 0.25) is 5.02 Å². The predicted molar refractivity (Wildman–Crippen MR) is 94.6 cm³/mol. The zero-order chi connectivity index (χ0) is 19.8. The lowest BCUT2D eigenvalue weighted by molar-refractivity contribution is -0.119. The maximum Gasteiger partial charge on any atom is 0.387 e. The first-order valence-electron chi connectivity index (χ1n) is 7.83. The molecule has 0 radical (unpaired) electrons. The molecule has 2 aromatic carbocycles. The Kier molecular flexibility index (Phi) is 7.36. The van der Waals surface area contributed by atoms with E-state index in [9.17, 15) is 18.4 Å². The minimum absolute atomic E-state index is 0.0272. The van der Waals surface area contributed by atoms with Crippen molar-refractivity contribution in [3.63, 3.8) is 0 Å². The van der Waals surface area contributed by atoms with Crippen LogP contribution in [0.25, 0.3) is 0 Å². The average molecular weight is 400 g/mol. The third kappa shape index (κ3) is 6.41. The van der Waals surface area contributed by atoms with Gasteiger partial charge < -0.3 is 19.5 Å². The number of nitrogens with one attached hydrogen (secondary N) is 1. The van der Waals surface area contributed by atoms with Crippen LogP contribution < -0.4 is 14.8 Å². The molecule has 0 aliphatic heterocycles. The topological polar surface area (TPSA) is 73.9 Å². The highest BCUT2D eigenvalue weighted by Gasteiger charge is 2.16. The van der Waals surface area contributed by atoms with Gasteiger partial charge in [0.2, 0.25) is 0 Å². The molecular formula is C18H16ClF2NO5. The summed E-state index contributed by atoms with van der Waals surface area (Å²) < 4.78 is 39.2. The van der Waals surface area contributed by atoms with E-state index in [1.807, 2.05) is 0 Å². The lowest BCUT2D eigenvalue weighted by atomic mass is 10.2. The third-order valence-corrected chi connectivity index (χ3v) is 3.41. The number of alkyl halides is 2. The molecule has 0 bridgehead atoms. The Morgan fingerprint density at radius 2 is 1.81 bits per heavy atom. The Bertz CT molecular complexity index is 799. The molecule has 0 spiro atoms. The van der Waals surface area contributed by atoms with E-state index in [1.165, 1.54) is 18.2 Å². The monoisotopic (exact) mass is 399 g/mol. The molecule has 0 saturated carbocycles. The number of ether oxygens (including phenoxy) is 3. The Morgan fingerprint density at radius 3 is 2.44 bits per heavy atom. The van der Waals surface area contributed by atoms with Crippen LogP contribution >= 0.6 is 11.6 Å². The highest BCUT2D eigenvalue weighted by Crippen LogP contribution is 2.30. The highest BCUT2D eigenvalue weighted by molar-refractivity contribution is 6.30. The summed E-state index contributed by atoms with van der Waals surface area (Å²) in [6.45, 7) is -1.72. The number of anilines is 1. The maximum atomic E-state index is 12.4. The number of benzene rings is 2. The maximum absolute atomic E-state index is 12.4. The quantitative estimate of drug-likeness (QED) is 0.675. The van der Waals surface area contributed by atoms with Crippen LogP contribution in [0.3, 0.4) is 0 Å². The van der Waals surface area contributed by atoms with Crippen molar-refractivity contribution in [1.82, 2.24) is 0 Å². The molecule has 144 valence electrons. The van der Waals surface area contributed by atoms with Crippen molar-refractivity contribution in [3.8, 4) is 11.5 Å². The summed E-state index contributed by atoms with van der Waals surface area (Å²) in [6.07, 6.45) is 0. The molecule has 0 heterocycles. The van der Waals surface area contributed by atoms with Gasteiger partial charge in [0.05, 0.1) is 12.2 Å². The van der Waals surface area contributed by atoms with E-state index >= 15 is 0 Å². The second-order valence-electron chi connectivity index (χ2n) is 5.10. The van der Waals surface area contributed by atoms with Gasteiger partial charge in [-0.2, -0.15) is 8.78 Å². The van der Waals surface area contributed by atoms with Crippen molar-refractivity contribution in [1.29, 1.82) is 0 Å². The van der Waals surface area contributed by atoms with Crippen LogP contribution in [-0.2, 0) is 9.53 Å². The summed E-state index contributed by atoms with van der Waals surface area (Å²) in [7, 11) is 0. The fourth-order valence-corrected chi connectivity index (χ4v) is 2.17. The van der Waals surface area contributed by atoms with Gasteiger partial charge in [-0.15, -0.1) is 0 Å². The smallest absolute Gasteiger partial charge is 0.387 e. The van der Waals surface area contributed by atoms with Gasteiger partial charge in [-0.3, -0.25) is 4.79 Å². The second kappa shape index (κ2) is 9.72. The van der Waals surface area contributed by atoms with E-state index in [0.29, 0.717) is 10.7 Å². The first kappa shape index (κ1) is 20.4. The molecule has 0 aromatic heterocycles. The molecule has 0 atom stereocenters. The normalized spacial score (nSPS) is 10.4. The first-order valence-corrected chi connectivity index (χ1v) is 8.21. The molecule has 1 N–H and O–H groups in total. The van der Waals surface area contributed by atoms with Crippen LogP contribution in [0.4, 0.5) is 14.5 Å². The number of carbonyl (C=O) groups excluding carboxylic acids is 2. The molecule has 0 fully saturated rings. The van der Waals surface area contributed by atoms with Gasteiger partial charge in [0.1, 0.15) is 0 Å². The molecule has 0 unspecified atom stereocenters. The molecule has 2 aromatic rings. The Morgan fingerprint density at radius 1 is 1.11 bits per heavy atom. The van der Waals surface area contributed by atoms with Crippen LogP contribution in [0, 0.1) is 0 Å². The Labute approximate surface area is 159 Å². The molecule has 1 amide bonds. The van der Waals surface area contributed by atoms with Crippen LogP contribution in [-0.4, -0.2) is 31.7 Å². The van der Waals surface area contributed by atoms with E-state index in [2.05, 4.69) is 10.1 Å². The standard InChI is InChI=1S/C18H16ClF2NO5/c1-2-25-15-9-11(3-8-14(15)27-18(20)21)17(24)26-10-16(23)22-13-6-4-12(19)5-7-13/h3-9,18H,2,10H2,1H3,(H,22,23). The lowest BCUT2D eigenvalue weighted by Gasteiger charge is -2.12. The fourth-order valence-electron chi connectivity index (χ4n) is 2.04. The molecule has 9 heteroatoms. The van der Waals surface area contributed by atoms with Gasteiger partial charge in [-0.1, -0.05) is 11.6 Å². The van der Waals surface area contributed by atoms with Crippen molar-refractivity contribution >= 4 is 29.2 Å². The number of hydrogen-bond acceptors (Lipinski definition) is 5. The van der Waals surface area contributed by atoms with E-state index < -0.39 is 25.1 Å². The third-order valence-electron chi connectivity index (χ3n) is 3.16. The SMILES string of the molecule is CCOc1cc(C(=O)OCC(=O)Nc2ccc(Cl)cc2)ccc1OC(F)F. The second-order valence-corrected chi connectivity index (χ2v) is 5.54. The van der Waals surface area contributed by atoms with E-state index in [-0.39, 0.29) is 23.7 Å². The van der Waals surface area contributed by atoms with Crippen LogP contribution in [0.15, 0.2) is 42.5 Å². The first-order chi connectivity index (χ1) is 12.9. The number of carbonyl (C=O) groups is 2. The van der Waals surface area contributed by atoms with Crippen molar-refractivity contribution in [2.45, 2.75) is 13.5 Å². The molecule has 0 aliphatic rings. The zero-order valence-corrected chi connectivity index (χ0v) is 15.0. The number of amides is 1. The molecule has 0 aliphatic carbocycles.